The maximum atomic E-state index is 13.4. The van der Waals surface area contributed by atoms with E-state index in [9.17, 15) is 9.90 Å². The van der Waals surface area contributed by atoms with Gasteiger partial charge in [0.15, 0.2) is 0 Å². The molecule has 0 unspecified atom stereocenters. The highest BCUT2D eigenvalue weighted by molar-refractivity contribution is 5.97. The SMILES string of the molecule is COc1ccc([C@@H]2CN(C(=O)c3ccccc3O)[C@@H]3C4CCN(CC4)[C@@H]32)cc1. The number of aromatic hydroxyl groups is 1. The molecule has 4 fully saturated rings. The van der Waals surface area contributed by atoms with Gasteiger partial charge in [0.2, 0.25) is 0 Å². The number of methoxy groups -OCH3 is 1. The monoisotopic (exact) mass is 378 g/mol. The number of ether oxygens (including phenoxy) is 1. The maximum absolute atomic E-state index is 13.4. The van der Waals surface area contributed by atoms with Gasteiger partial charge in [0.1, 0.15) is 11.5 Å². The van der Waals surface area contributed by atoms with Crippen molar-refractivity contribution in [1.29, 1.82) is 0 Å². The molecule has 28 heavy (non-hydrogen) atoms. The zero-order valence-electron chi connectivity index (χ0n) is 16.1. The largest absolute Gasteiger partial charge is 0.507 e. The van der Waals surface area contributed by atoms with E-state index in [0.717, 1.165) is 31.7 Å². The number of rotatable bonds is 3. The van der Waals surface area contributed by atoms with Crippen LogP contribution < -0.4 is 4.74 Å². The van der Waals surface area contributed by atoms with Gasteiger partial charge in [0, 0.05) is 18.5 Å². The lowest BCUT2D eigenvalue weighted by atomic mass is 9.75. The van der Waals surface area contributed by atoms with Crippen LogP contribution in [0, 0.1) is 5.92 Å². The summed E-state index contributed by atoms with van der Waals surface area (Å²) in [5, 5.41) is 10.2. The van der Waals surface area contributed by atoms with Crippen molar-refractivity contribution in [3.63, 3.8) is 0 Å². The third-order valence-electron chi connectivity index (χ3n) is 6.93. The third-order valence-corrected chi connectivity index (χ3v) is 6.93. The summed E-state index contributed by atoms with van der Waals surface area (Å²) in [7, 11) is 1.68. The molecule has 0 aromatic heterocycles. The Bertz CT molecular complexity index is 874. The number of benzene rings is 2. The molecule has 5 heteroatoms. The molecular formula is C23H26N2O3. The molecule has 6 rings (SSSR count). The Morgan fingerprint density at radius 2 is 1.75 bits per heavy atom. The molecule has 4 aliphatic heterocycles. The van der Waals surface area contributed by atoms with Gasteiger partial charge in [-0.15, -0.1) is 0 Å². The molecule has 2 bridgehead atoms. The standard InChI is InChI=1S/C23H26N2O3/c1-28-17-8-6-15(7-9-17)19-14-25(23(27)18-4-2-3-5-20(18)26)21-16-10-12-24(13-11-16)22(19)21/h2-9,16,19,21-22,26H,10-14H2,1H3/t19-,21+,22+/m0/s1. The molecule has 3 atom stereocenters. The van der Waals surface area contributed by atoms with Crippen LogP contribution in [0.2, 0.25) is 0 Å². The predicted octanol–water partition coefficient (Wildman–Crippen LogP) is 3.10. The Balaban J connectivity index is 1.52. The molecule has 4 heterocycles. The van der Waals surface area contributed by atoms with E-state index in [-0.39, 0.29) is 23.6 Å². The molecule has 5 nitrogen and oxygen atoms in total. The van der Waals surface area contributed by atoms with Crippen molar-refractivity contribution in [1.82, 2.24) is 9.80 Å². The molecule has 0 spiro atoms. The van der Waals surface area contributed by atoms with Crippen molar-refractivity contribution < 1.29 is 14.6 Å². The van der Waals surface area contributed by atoms with Crippen LogP contribution in [0.5, 0.6) is 11.5 Å². The predicted molar refractivity (Wildman–Crippen MR) is 107 cm³/mol. The number of para-hydroxylation sites is 1. The number of carbonyl (C=O) groups excluding carboxylic acids is 1. The van der Waals surface area contributed by atoms with Crippen LogP contribution in [-0.4, -0.2) is 59.6 Å². The van der Waals surface area contributed by atoms with Gasteiger partial charge in [0.05, 0.1) is 18.7 Å². The summed E-state index contributed by atoms with van der Waals surface area (Å²) in [5.74, 6) is 1.71. The maximum Gasteiger partial charge on any atom is 0.257 e. The van der Waals surface area contributed by atoms with Gasteiger partial charge >= 0.3 is 0 Å². The fourth-order valence-corrected chi connectivity index (χ4v) is 5.61. The minimum absolute atomic E-state index is 0.0436. The zero-order valence-corrected chi connectivity index (χ0v) is 16.1. The second-order valence-corrected chi connectivity index (χ2v) is 8.21. The van der Waals surface area contributed by atoms with Crippen molar-refractivity contribution in [3.8, 4) is 11.5 Å². The van der Waals surface area contributed by atoms with Gasteiger partial charge in [-0.1, -0.05) is 24.3 Å². The van der Waals surface area contributed by atoms with Crippen LogP contribution >= 0.6 is 0 Å². The first-order valence-corrected chi connectivity index (χ1v) is 10.1. The van der Waals surface area contributed by atoms with Gasteiger partial charge in [-0.25, -0.2) is 0 Å². The second-order valence-electron chi connectivity index (χ2n) is 8.21. The second kappa shape index (κ2) is 6.82. The topological polar surface area (TPSA) is 53.0 Å². The Hall–Kier alpha value is -2.53. The summed E-state index contributed by atoms with van der Waals surface area (Å²) in [6.07, 6.45) is 2.31. The van der Waals surface area contributed by atoms with Crippen molar-refractivity contribution in [3.05, 3.63) is 59.7 Å². The Morgan fingerprint density at radius 1 is 1.04 bits per heavy atom. The fraction of sp³-hybridized carbons (Fsp3) is 0.435. The van der Waals surface area contributed by atoms with E-state index >= 15 is 0 Å². The van der Waals surface area contributed by atoms with Crippen LogP contribution in [0.25, 0.3) is 0 Å². The smallest absolute Gasteiger partial charge is 0.257 e. The van der Waals surface area contributed by atoms with Gasteiger partial charge in [-0.3, -0.25) is 9.69 Å². The summed E-state index contributed by atoms with van der Waals surface area (Å²) in [4.78, 5) is 18.0. The van der Waals surface area contributed by atoms with Crippen LogP contribution in [0.4, 0.5) is 0 Å². The van der Waals surface area contributed by atoms with Crippen molar-refractivity contribution >= 4 is 5.91 Å². The van der Waals surface area contributed by atoms with Crippen LogP contribution in [0.1, 0.15) is 34.7 Å². The van der Waals surface area contributed by atoms with Gasteiger partial charge in [-0.2, -0.15) is 0 Å². The molecule has 0 radical (unpaired) electrons. The minimum Gasteiger partial charge on any atom is -0.507 e. The van der Waals surface area contributed by atoms with Crippen LogP contribution in [0.3, 0.4) is 0 Å². The summed E-state index contributed by atoms with van der Waals surface area (Å²) in [5.41, 5.74) is 1.67. The Labute approximate surface area is 165 Å². The summed E-state index contributed by atoms with van der Waals surface area (Å²) in [6.45, 7) is 2.94. The summed E-state index contributed by atoms with van der Waals surface area (Å²) >= 11 is 0. The molecule has 146 valence electrons. The molecule has 1 N–H and O–H groups in total. The summed E-state index contributed by atoms with van der Waals surface area (Å²) < 4.78 is 5.32. The number of nitrogens with zero attached hydrogens (tertiary/aromatic N) is 2. The normalized spacial score (nSPS) is 30.9. The molecule has 4 aliphatic rings. The lowest BCUT2D eigenvalue weighted by Gasteiger charge is -2.51. The average molecular weight is 378 g/mol. The first kappa shape index (κ1) is 17.6. The molecule has 1 amide bonds. The highest BCUT2D eigenvalue weighted by Gasteiger charge is 2.54. The number of amides is 1. The quantitative estimate of drug-likeness (QED) is 0.892. The highest BCUT2D eigenvalue weighted by Crippen LogP contribution is 2.47. The van der Waals surface area contributed by atoms with Crippen molar-refractivity contribution in [2.75, 3.05) is 26.7 Å². The number of hydrogen-bond donors (Lipinski definition) is 1. The van der Waals surface area contributed by atoms with E-state index in [1.807, 2.05) is 23.1 Å². The number of phenolic OH excluding ortho intramolecular Hbond substituents is 1. The molecule has 2 aromatic rings. The van der Waals surface area contributed by atoms with E-state index in [4.69, 9.17) is 4.74 Å². The third kappa shape index (κ3) is 2.68. The number of phenols is 1. The Kier molecular flexibility index (Phi) is 4.27. The molecular weight excluding hydrogens is 352 g/mol. The lowest BCUT2D eigenvalue weighted by molar-refractivity contribution is -0.00348. The lowest BCUT2D eigenvalue weighted by Crippen LogP contribution is -2.60. The van der Waals surface area contributed by atoms with Crippen molar-refractivity contribution in [2.24, 2.45) is 5.92 Å². The van der Waals surface area contributed by atoms with E-state index in [2.05, 4.69) is 17.0 Å². The number of likely N-dealkylation sites (tertiary alicyclic amines) is 1. The number of fused-ring (bicyclic) bond motifs is 2. The first-order chi connectivity index (χ1) is 13.7. The first-order valence-electron chi connectivity index (χ1n) is 10.1. The van der Waals surface area contributed by atoms with Crippen LogP contribution in [0.15, 0.2) is 48.5 Å². The van der Waals surface area contributed by atoms with E-state index in [1.54, 1.807) is 25.3 Å². The zero-order chi connectivity index (χ0) is 19.3. The van der Waals surface area contributed by atoms with E-state index in [0.29, 0.717) is 24.1 Å². The number of carbonyl (C=O) groups is 1. The van der Waals surface area contributed by atoms with Crippen LogP contribution in [-0.2, 0) is 0 Å². The summed E-state index contributed by atoms with van der Waals surface area (Å²) in [6, 6.07) is 15.8. The van der Waals surface area contributed by atoms with Gasteiger partial charge < -0.3 is 14.7 Å². The van der Waals surface area contributed by atoms with Gasteiger partial charge in [-0.05, 0) is 61.7 Å². The fourth-order valence-electron chi connectivity index (χ4n) is 5.61. The van der Waals surface area contributed by atoms with E-state index in [1.165, 1.54) is 5.56 Å². The average Bonchev–Trinajstić information content (AvgIpc) is 3.17. The molecule has 2 aromatic carbocycles. The number of hydrogen-bond acceptors (Lipinski definition) is 4. The molecule has 0 aliphatic carbocycles. The van der Waals surface area contributed by atoms with E-state index < -0.39 is 0 Å². The van der Waals surface area contributed by atoms with Crippen molar-refractivity contribution in [2.45, 2.75) is 30.8 Å². The molecule has 4 saturated heterocycles. The highest BCUT2D eigenvalue weighted by atomic mass is 16.5. The van der Waals surface area contributed by atoms with Gasteiger partial charge in [0.25, 0.3) is 5.91 Å². The number of piperidine rings is 3. The Morgan fingerprint density at radius 3 is 2.43 bits per heavy atom. The molecule has 0 saturated carbocycles. The minimum atomic E-state index is -0.0436.